The van der Waals surface area contributed by atoms with Crippen molar-refractivity contribution >= 4 is 0 Å². The van der Waals surface area contributed by atoms with E-state index in [1.165, 1.54) is 11.1 Å². The lowest BCUT2D eigenvalue weighted by Gasteiger charge is -2.32. The van der Waals surface area contributed by atoms with E-state index in [-0.39, 0.29) is 6.04 Å². The van der Waals surface area contributed by atoms with Gasteiger partial charge in [-0.15, -0.1) is 0 Å². The quantitative estimate of drug-likeness (QED) is 0.779. The van der Waals surface area contributed by atoms with Crippen molar-refractivity contribution in [1.29, 1.82) is 0 Å². The van der Waals surface area contributed by atoms with Gasteiger partial charge < -0.3 is 15.2 Å². The van der Waals surface area contributed by atoms with Gasteiger partial charge in [0.25, 0.3) is 0 Å². The molecule has 19 heavy (non-hydrogen) atoms. The molecule has 1 aromatic rings. The van der Waals surface area contributed by atoms with Gasteiger partial charge in [0, 0.05) is 32.8 Å². The molecule has 2 unspecified atom stereocenters. The molecule has 0 saturated heterocycles. The van der Waals surface area contributed by atoms with Crippen molar-refractivity contribution in [3.8, 4) is 0 Å². The van der Waals surface area contributed by atoms with E-state index in [0.29, 0.717) is 25.8 Å². The van der Waals surface area contributed by atoms with Crippen LogP contribution in [-0.4, -0.2) is 45.4 Å². The summed E-state index contributed by atoms with van der Waals surface area (Å²) in [5, 5.41) is 0. The molecule has 0 aromatic heterocycles. The Hall–Kier alpha value is -0.940. The Kier molecular flexibility index (Phi) is 7.02. The fourth-order valence-corrected chi connectivity index (χ4v) is 2.21. The summed E-state index contributed by atoms with van der Waals surface area (Å²) in [6, 6.07) is 8.98. The van der Waals surface area contributed by atoms with Gasteiger partial charge in [0.05, 0.1) is 13.2 Å². The summed E-state index contributed by atoms with van der Waals surface area (Å²) in [7, 11) is 5.52. The second-order valence-corrected chi connectivity index (χ2v) is 4.90. The van der Waals surface area contributed by atoms with E-state index in [9.17, 15) is 0 Å². The highest BCUT2D eigenvalue weighted by atomic mass is 16.5. The maximum atomic E-state index is 5.93. The summed E-state index contributed by atoms with van der Waals surface area (Å²) in [6.07, 6.45) is 0. The molecule has 108 valence electrons. The monoisotopic (exact) mass is 266 g/mol. The third-order valence-electron chi connectivity index (χ3n) is 3.49. The number of nitrogens with zero attached hydrogens (tertiary/aromatic N) is 1. The molecule has 2 N–H and O–H groups in total. The summed E-state index contributed by atoms with van der Waals surface area (Å²) in [5.41, 5.74) is 8.33. The molecule has 0 aliphatic rings. The zero-order valence-electron chi connectivity index (χ0n) is 12.4. The molecule has 0 aliphatic heterocycles. The van der Waals surface area contributed by atoms with Crippen LogP contribution in [0.1, 0.15) is 24.1 Å². The third-order valence-corrected chi connectivity index (χ3v) is 3.49. The number of hydrogen-bond acceptors (Lipinski definition) is 4. The van der Waals surface area contributed by atoms with Crippen LogP contribution < -0.4 is 5.73 Å². The smallest absolute Gasteiger partial charge is 0.0713 e. The fourth-order valence-electron chi connectivity index (χ4n) is 2.21. The first-order valence-electron chi connectivity index (χ1n) is 6.62. The highest BCUT2D eigenvalue weighted by molar-refractivity contribution is 5.25. The minimum absolute atomic E-state index is 0.210. The lowest BCUT2D eigenvalue weighted by atomic mass is 10.0. The normalized spacial score (nSPS) is 14.6. The molecule has 2 atom stereocenters. The van der Waals surface area contributed by atoms with Gasteiger partial charge in [-0.25, -0.2) is 0 Å². The van der Waals surface area contributed by atoms with Crippen molar-refractivity contribution in [2.45, 2.75) is 25.6 Å². The van der Waals surface area contributed by atoms with E-state index in [0.717, 1.165) is 0 Å². The molecular formula is C15H26N2O2. The van der Waals surface area contributed by atoms with E-state index >= 15 is 0 Å². The minimum atomic E-state index is 0.210. The SMILES string of the molecule is COCc1ccc(C(CN)N(C)C(C)COC)cc1. The summed E-state index contributed by atoms with van der Waals surface area (Å²) in [4.78, 5) is 2.26. The maximum Gasteiger partial charge on any atom is 0.0713 e. The molecule has 1 rings (SSSR count). The van der Waals surface area contributed by atoms with Gasteiger partial charge in [0.2, 0.25) is 0 Å². The average molecular weight is 266 g/mol. The maximum absolute atomic E-state index is 5.93. The molecule has 0 radical (unpaired) electrons. The standard InChI is InChI=1S/C15H26N2O2/c1-12(10-18-3)17(2)15(9-16)14-7-5-13(6-8-14)11-19-4/h5-8,12,15H,9-11,16H2,1-4H3. The third kappa shape index (κ3) is 4.58. The highest BCUT2D eigenvalue weighted by Gasteiger charge is 2.20. The molecule has 1 aromatic carbocycles. The first-order valence-corrected chi connectivity index (χ1v) is 6.62. The summed E-state index contributed by atoms with van der Waals surface area (Å²) in [6.45, 7) is 4.08. The van der Waals surface area contributed by atoms with E-state index < -0.39 is 0 Å². The number of methoxy groups -OCH3 is 2. The van der Waals surface area contributed by atoms with Gasteiger partial charge in [-0.1, -0.05) is 24.3 Å². The molecular weight excluding hydrogens is 240 g/mol. The summed E-state index contributed by atoms with van der Waals surface area (Å²) in [5.74, 6) is 0. The predicted molar refractivity (Wildman–Crippen MR) is 78.1 cm³/mol. The topological polar surface area (TPSA) is 47.7 Å². The van der Waals surface area contributed by atoms with Crippen molar-refractivity contribution in [2.24, 2.45) is 5.73 Å². The molecule has 0 heterocycles. The summed E-state index contributed by atoms with van der Waals surface area (Å²) < 4.78 is 10.3. The van der Waals surface area contributed by atoms with Gasteiger partial charge in [0.1, 0.15) is 0 Å². The Bertz CT molecular complexity index is 354. The van der Waals surface area contributed by atoms with Gasteiger partial charge in [-0.05, 0) is 25.1 Å². The number of rotatable bonds is 8. The number of benzene rings is 1. The Labute approximate surface area is 116 Å². The average Bonchev–Trinajstić information content (AvgIpc) is 2.42. The van der Waals surface area contributed by atoms with Gasteiger partial charge in [0.15, 0.2) is 0 Å². The second-order valence-electron chi connectivity index (χ2n) is 4.90. The lowest BCUT2D eigenvalue weighted by Crippen LogP contribution is -2.39. The minimum Gasteiger partial charge on any atom is -0.383 e. The Balaban J connectivity index is 2.78. The van der Waals surface area contributed by atoms with Crippen LogP contribution in [0.2, 0.25) is 0 Å². The largest absolute Gasteiger partial charge is 0.383 e. The van der Waals surface area contributed by atoms with Crippen LogP contribution in [-0.2, 0) is 16.1 Å². The molecule has 4 nitrogen and oxygen atoms in total. The predicted octanol–water partition coefficient (Wildman–Crippen LogP) is 1.80. The van der Waals surface area contributed by atoms with Gasteiger partial charge >= 0.3 is 0 Å². The van der Waals surface area contributed by atoms with Gasteiger partial charge in [-0.2, -0.15) is 0 Å². The molecule has 0 fully saturated rings. The lowest BCUT2D eigenvalue weighted by molar-refractivity contribution is 0.0910. The highest BCUT2D eigenvalue weighted by Crippen LogP contribution is 2.21. The Morgan fingerprint density at radius 1 is 1.16 bits per heavy atom. The van der Waals surface area contributed by atoms with Crippen LogP contribution in [0.3, 0.4) is 0 Å². The Morgan fingerprint density at radius 2 is 1.79 bits per heavy atom. The molecule has 0 spiro atoms. The van der Waals surface area contributed by atoms with Crippen molar-refractivity contribution < 1.29 is 9.47 Å². The molecule has 0 bridgehead atoms. The van der Waals surface area contributed by atoms with Crippen LogP contribution in [0, 0.1) is 0 Å². The van der Waals surface area contributed by atoms with E-state index in [2.05, 4.69) is 43.1 Å². The molecule has 0 aliphatic carbocycles. The zero-order chi connectivity index (χ0) is 14.3. The number of hydrogen-bond donors (Lipinski definition) is 1. The van der Waals surface area contributed by atoms with E-state index in [4.69, 9.17) is 15.2 Å². The van der Waals surface area contributed by atoms with E-state index in [1.54, 1.807) is 14.2 Å². The zero-order valence-corrected chi connectivity index (χ0v) is 12.4. The van der Waals surface area contributed by atoms with Crippen LogP contribution in [0.5, 0.6) is 0 Å². The summed E-state index contributed by atoms with van der Waals surface area (Å²) >= 11 is 0. The van der Waals surface area contributed by atoms with Gasteiger partial charge in [-0.3, -0.25) is 4.90 Å². The fraction of sp³-hybridized carbons (Fsp3) is 0.600. The first-order chi connectivity index (χ1) is 9.13. The van der Waals surface area contributed by atoms with Crippen molar-refractivity contribution in [2.75, 3.05) is 34.4 Å². The van der Waals surface area contributed by atoms with Crippen molar-refractivity contribution in [3.63, 3.8) is 0 Å². The number of likely N-dealkylation sites (N-methyl/N-ethyl adjacent to an activating group) is 1. The number of nitrogens with two attached hydrogens (primary N) is 1. The van der Waals surface area contributed by atoms with Crippen LogP contribution in [0.25, 0.3) is 0 Å². The van der Waals surface area contributed by atoms with E-state index in [1.807, 2.05) is 0 Å². The molecule has 0 amide bonds. The van der Waals surface area contributed by atoms with Crippen LogP contribution >= 0.6 is 0 Å². The Morgan fingerprint density at radius 3 is 2.26 bits per heavy atom. The van der Waals surface area contributed by atoms with Crippen molar-refractivity contribution in [3.05, 3.63) is 35.4 Å². The molecule has 4 heteroatoms. The molecule has 0 saturated carbocycles. The second kappa shape index (κ2) is 8.27. The first kappa shape index (κ1) is 16.1. The van der Waals surface area contributed by atoms with Crippen LogP contribution in [0.4, 0.5) is 0 Å². The van der Waals surface area contributed by atoms with Crippen molar-refractivity contribution in [1.82, 2.24) is 4.90 Å². The number of ether oxygens (including phenoxy) is 2. The van der Waals surface area contributed by atoms with Crippen LogP contribution in [0.15, 0.2) is 24.3 Å².